The van der Waals surface area contributed by atoms with Crippen molar-refractivity contribution in [1.29, 1.82) is 0 Å². The summed E-state index contributed by atoms with van der Waals surface area (Å²) in [6.45, 7) is 3.14. The summed E-state index contributed by atoms with van der Waals surface area (Å²) >= 11 is 0. The summed E-state index contributed by atoms with van der Waals surface area (Å²) in [5, 5.41) is 54.7. The Morgan fingerprint density at radius 1 is 0.784 bits per heavy atom. The zero-order valence-corrected chi connectivity index (χ0v) is 32.1. The molecule has 1 rings (SSSR count). The first-order chi connectivity index (χ1) is 24.4. The van der Waals surface area contributed by atoms with Gasteiger partial charge in [0.25, 0.3) is 0 Å². The maximum atomic E-state index is 12.9. The van der Waals surface area contributed by atoms with Crippen LogP contribution in [0.2, 0.25) is 0 Å². The van der Waals surface area contributed by atoms with Gasteiger partial charge in [-0.15, -0.1) is 0 Å². The van der Waals surface area contributed by atoms with E-state index in [9.17, 15) is 38.7 Å². The molecular formula is C37H71NO12S. The third-order valence-electron chi connectivity index (χ3n) is 9.43. The fourth-order valence-electron chi connectivity index (χ4n) is 6.22. The van der Waals surface area contributed by atoms with Crippen molar-refractivity contribution in [3.8, 4) is 0 Å². The van der Waals surface area contributed by atoms with Crippen LogP contribution in [-0.4, -0.2) is 107 Å². The molecule has 0 spiro atoms. The van der Waals surface area contributed by atoms with Crippen molar-refractivity contribution in [2.75, 3.05) is 13.2 Å². The van der Waals surface area contributed by atoms with Gasteiger partial charge < -0.3 is 40.3 Å². The van der Waals surface area contributed by atoms with Crippen LogP contribution in [0.5, 0.6) is 0 Å². The summed E-state index contributed by atoms with van der Waals surface area (Å²) in [6, 6.07) is -1.11. The Morgan fingerprint density at radius 3 is 1.76 bits per heavy atom. The Labute approximate surface area is 307 Å². The van der Waals surface area contributed by atoms with E-state index in [0.717, 1.165) is 38.5 Å². The summed E-state index contributed by atoms with van der Waals surface area (Å²) in [6.07, 6.45) is 16.1. The molecule has 1 saturated heterocycles. The minimum absolute atomic E-state index is 0.244. The third kappa shape index (κ3) is 22.6. The van der Waals surface area contributed by atoms with Crippen molar-refractivity contribution >= 4 is 16.3 Å². The molecular weight excluding hydrogens is 682 g/mol. The Morgan fingerprint density at radius 2 is 1.27 bits per heavy atom. The predicted molar refractivity (Wildman–Crippen MR) is 196 cm³/mol. The van der Waals surface area contributed by atoms with Crippen LogP contribution in [0.4, 0.5) is 0 Å². The lowest BCUT2D eigenvalue weighted by Crippen LogP contribution is -2.61. The van der Waals surface area contributed by atoms with Crippen LogP contribution in [-0.2, 0) is 28.9 Å². The molecule has 0 radical (unpaired) electrons. The van der Waals surface area contributed by atoms with Gasteiger partial charge in [-0.05, 0) is 19.3 Å². The van der Waals surface area contributed by atoms with Gasteiger partial charge in [0.1, 0.15) is 30.5 Å². The average Bonchev–Trinajstić information content (AvgIpc) is 3.09. The van der Waals surface area contributed by atoms with E-state index in [1.807, 2.05) is 6.08 Å². The van der Waals surface area contributed by atoms with E-state index in [1.54, 1.807) is 0 Å². The number of aliphatic hydroxyl groups excluding tert-OH is 5. The third-order valence-corrected chi connectivity index (χ3v) is 9.89. The first kappa shape index (κ1) is 47.8. The largest absolute Gasteiger partial charge is 0.397 e. The topological polar surface area (TPSA) is 212 Å². The summed E-state index contributed by atoms with van der Waals surface area (Å²) in [7, 11) is -5.11. The summed E-state index contributed by atoms with van der Waals surface area (Å²) < 4.78 is 47.2. The van der Waals surface area contributed by atoms with Crippen LogP contribution in [0.15, 0.2) is 12.2 Å². The number of ether oxygens (including phenoxy) is 2. The molecule has 8 unspecified atom stereocenters. The molecule has 0 saturated carbocycles. The molecule has 0 aromatic heterocycles. The van der Waals surface area contributed by atoms with Gasteiger partial charge in [0, 0.05) is 0 Å². The normalized spacial score (nSPS) is 23.0. The molecule has 8 atom stereocenters. The number of hydrogen-bond acceptors (Lipinski definition) is 11. The van der Waals surface area contributed by atoms with E-state index in [1.165, 1.54) is 89.5 Å². The van der Waals surface area contributed by atoms with E-state index < -0.39 is 78.5 Å². The molecule has 0 aromatic carbocycles. The molecule has 0 aliphatic carbocycles. The van der Waals surface area contributed by atoms with Gasteiger partial charge in [0.05, 0.1) is 25.4 Å². The highest BCUT2D eigenvalue weighted by Crippen LogP contribution is 2.26. The lowest BCUT2D eigenvalue weighted by molar-refractivity contribution is -0.298. The second-order valence-electron chi connectivity index (χ2n) is 14.0. The molecule has 0 bridgehead atoms. The number of carbonyl (C=O) groups is 1. The number of rotatable bonds is 32. The van der Waals surface area contributed by atoms with Gasteiger partial charge in [-0.25, -0.2) is 4.18 Å². The fraction of sp³-hybridized carbons (Fsp3) is 0.919. The highest BCUT2D eigenvalue weighted by molar-refractivity contribution is 7.80. The van der Waals surface area contributed by atoms with E-state index >= 15 is 0 Å². The summed E-state index contributed by atoms with van der Waals surface area (Å²) in [5.74, 6) is -0.707. The molecule has 13 nitrogen and oxygen atoms in total. The van der Waals surface area contributed by atoms with Crippen molar-refractivity contribution < 1.29 is 57.0 Å². The van der Waals surface area contributed by atoms with E-state index in [0.29, 0.717) is 12.8 Å². The van der Waals surface area contributed by atoms with Crippen LogP contribution >= 0.6 is 0 Å². The zero-order chi connectivity index (χ0) is 37.9. The van der Waals surface area contributed by atoms with Crippen LogP contribution in [0.1, 0.15) is 155 Å². The van der Waals surface area contributed by atoms with Gasteiger partial charge in [-0.1, -0.05) is 148 Å². The summed E-state index contributed by atoms with van der Waals surface area (Å²) in [4.78, 5) is 12.9. The van der Waals surface area contributed by atoms with Crippen molar-refractivity contribution in [2.45, 2.75) is 204 Å². The molecule has 14 heteroatoms. The maximum Gasteiger partial charge on any atom is 0.397 e. The SMILES string of the molecule is CCCCCCCCCCCCCC/C=C/C(O)C(COC1OC(CO)C(O)C(OS(=O)(=O)O)C1O)NC(=O)C(O)CCCCCCCCCC. The van der Waals surface area contributed by atoms with Crippen LogP contribution in [0.3, 0.4) is 0 Å². The smallest absolute Gasteiger partial charge is 0.394 e. The fourth-order valence-corrected chi connectivity index (χ4v) is 6.73. The molecule has 1 amide bonds. The monoisotopic (exact) mass is 753 g/mol. The maximum absolute atomic E-state index is 12.9. The number of allylic oxidation sites excluding steroid dienone is 1. The van der Waals surface area contributed by atoms with Crippen LogP contribution in [0.25, 0.3) is 0 Å². The lowest BCUT2D eigenvalue weighted by Gasteiger charge is -2.41. The molecule has 1 fully saturated rings. The van der Waals surface area contributed by atoms with Gasteiger partial charge in [-0.3, -0.25) is 9.35 Å². The van der Waals surface area contributed by atoms with Crippen molar-refractivity contribution in [1.82, 2.24) is 5.32 Å². The second-order valence-corrected chi connectivity index (χ2v) is 15.1. The number of unbranched alkanes of at least 4 members (excludes halogenated alkanes) is 19. The molecule has 0 aromatic rings. The first-order valence-corrected chi connectivity index (χ1v) is 21.0. The highest BCUT2D eigenvalue weighted by atomic mass is 32.3. The molecule has 302 valence electrons. The highest BCUT2D eigenvalue weighted by Gasteiger charge is 2.48. The van der Waals surface area contributed by atoms with E-state index in [2.05, 4.69) is 23.3 Å². The van der Waals surface area contributed by atoms with E-state index in [4.69, 9.17) is 14.0 Å². The van der Waals surface area contributed by atoms with Crippen LogP contribution in [0, 0.1) is 0 Å². The number of amides is 1. The summed E-state index contributed by atoms with van der Waals surface area (Å²) in [5.41, 5.74) is 0. The Balaban J connectivity index is 2.70. The number of carbonyl (C=O) groups excluding carboxylic acids is 1. The van der Waals surface area contributed by atoms with Crippen molar-refractivity contribution in [2.24, 2.45) is 0 Å². The Hall–Kier alpha value is -1.20. The molecule has 1 aliphatic heterocycles. The molecule has 1 aliphatic rings. The van der Waals surface area contributed by atoms with Crippen molar-refractivity contribution in [3.05, 3.63) is 12.2 Å². The minimum Gasteiger partial charge on any atom is -0.394 e. The zero-order valence-electron chi connectivity index (χ0n) is 31.3. The average molecular weight is 754 g/mol. The van der Waals surface area contributed by atoms with Gasteiger partial charge in [0.15, 0.2) is 6.29 Å². The Bertz CT molecular complexity index is 1000. The van der Waals surface area contributed by atoms with E-state index in [-0.39, 0.29) is 6.42 Å². The molecule has 7 N–H and O–H groups in total. The van der Waals surface area contributed by atoms with Gasteiger partial charge in [-0.2, -0.15) is 8.42 Å². The molecule has 1 heterocycles. The Kier molecular flexibility index (Phi) is 27.4. The number of nitrogens with one attached hydrogen (secondary N) is 1. The van der Waals surface area contributed by atoms with Crippen molar-refractivity contribution in [3.63, 3.8) is 0 Å². The van der Waals surface area contributed by atoms with Gasteiger partial charge >= 0.3 is 10.4 Å². The second kappa shape index (κ2) is 29.2. The molecule has 51 heavy (non-hydrogen) atoms. The first-order valence-electron chi connectivity index (χ1n) is 19.7. The van der Waals surface area contributed by atoms with Gasteiger partial charge in [0.2, 0.25) is 5.91 Å². The number of aliphatic hydroxyl groups is 5. The lowest BCUT2D eigenvalue weighted by atomic mass is 9.99. The predicted octanol–water partition coefficient (Wildman–Crippen LogP) is 5.01. The van der Waals surface area contributed by atoms with Crippen LogP contribution < -0.4 is 5.32 Å². The standard InChI is InChI=1S/C37H71NO12S/c1-3-5-7-9-11-13-14-15-16-17-18-20-21-23-25-30(40)29(38-36(44)31(41)26-24-22-19-12-10-8-6-4-2)28-48-37-34(43)35(50-51(45,46)47)33(42)32(27-39)49-37/h23,25,29-35,37,39-43H,3-22,24,26-28H2,1-2H3,(H,38,44)(H,45,46,47)/b25-23+. The quantitative estimate of drug-likeness (QED) is 0.0274. The minimum atomic E-state index is -5.11. The number of hydrogen-bond donors (Lipinski definition) is 7.